The summed E-state index contributed by atoms with van der Waals surface area (Å²) in [6.07, 6.45) is 3.68. The van der Waals surface area contributed by atoms with Gasteiger partial charge in [0.25, 0.3) is 5.91 Å². The zero-order valence-electron chi connectivity index (χ0n) is 10.5. The monoisotopic (exact) mass is 310 g/mol. The lowest BCUT2D eigenvalue weighted by atomic mass is 10.2. The molecule has 0 unspecified atom stereocenters. The van der Waals surface area contributed by atoms with Crippen LogP contribution in [0.2, 0.25) is 0 Å². The number of hydrogen-bond donors (Lipinski definition) is 1. The quantitative estimate of drug-likeness (QED) is 0.848. The van der Waals surface area contributed by atoms with E-state index in [-0.39, 0.29) is 5.91 Å². The largest absolute Gasteiger partial charge is 0.352 e. The smallest absolute Gasteiger partial charge is 0.251 e. The standard InChI is InChI=1S/C14H19BrN2O/c15-13-6-4-12(5-7-13)14(18)16-8-3-11-17-9-1-2-10-17/h4-7H,1-3,8-11H2,(H,16,18). The average Bonchev–Trinajstić information content (AvgIpc) is 2.88. The predicted octanol–water partition coefficient (Wildman–Crippen LogP) is 2.66. The Morgan fingerprint density at radius 2 is 1.89 bits per heavy atom. The van der Waals surface area contributed by atoms with Gasteiger partial charge in [-0.05, 0) is 63.2 Å². The lowest BCUT2D eigenvalue weighted by Gasteiger charge is -2.14. The Kier molecular flexibility index (Phi) is 5.20. The van der Waals surface area contributed by atoms with Crippen LogP contribution in [0, 0.1) is 0 Å². The molecule has 18 heavy (non-hydrogen) atoms. The van der Waals surface area contributed by atoms with Crippen LogP contribution in [0.4, 0.5) is 0 Å². The fraction of sp³-hybridized carbons (Fsp3) is 0.500. The van der Waals surface area contributed by atoms with Crippen molar-refractivity contribution in [1.82, 2.24) is 10.2 Å². The normalized spacial score (nSPS) is 15.8. The van der Waals surface area contributed by atoms with Crippen molar-refractivity contribution in [3.63, 3.8) is 0 Å². The molecule has 1 aromatic carbocycles. The summed E-state index contributed by atoms with van der Waals surface area (Å²) in [4.78, 5) is 14.3. The third kappa shape index (κ3) is 4.10. The van der Waals surface area contributed by atoms with Crippen LogP contribution >= 0.6 is 15.9 Å². The van der Waals surface area contributed by atoms with Gasteiger partial charge >= 0.3 is 0 Å². The number of nitrogens with zero attached hydrogens (tertiary/aromatic N) is 1. The van der Waals surface area contributed by atoms with Crippen LogP contribution in [0.3, 0.4) is 0 Å². The molecule has 0 saturated carbocycles. The van der Waals surface area contributed by atoms with Gasteiger partial charge in [0.15, 0.2) is 0 Å². The van der Waals surface area contributed by atoms with Gasteiger partial charge in [0.2, 0.25) is 0 Å². The number of hydrogen-bond acceptors (Lipinski definition) is 2. The minimum atomic E-state index is 0.0175. The van der Waals surface area contributed by atoms with E-state index >= 15 is 0 Å². The second kappa shape index (κ2) is 6.90. The summed E-state index contributed by atoms with van der Waals surface area (Å²) < 4.78 is 0.994. The molecular weight excluding hydrogens is 292 g/mol. The van der Waals surface area contributed by atoms with Crippen molar-refractivity contribution in [1.29, 1.82) is 0 Å². The molecule has 3 nitrogen and oxygen atoms in total. The van der Waals surface area contributed by atoms with Crippen LogP contribution < -0.4 is 5.32 Å². The van der Waals surface area contributed by atoms with E-state index in [2.05, 4.69) is 26.1 Å². The molecule has 0 aromatic heterocycles. The Balaban J connectivity index is 1.66. The Morgan fingerprint density at radius 3 is 2.56 bits per heavy atom. The van der Waals surface area contributed by atoms with E-state index in [1.54, 1.807) is 0 Å². The van der Waals surface area contributed by atoms with Gasteiger partial charge in [0.1, 0.15) is 0 Å². The average molecular weight is 311 g/mol. The predicted molar refractivity (Wildman–Crippen MR) is 76.8 cm³/mol. The molecule has 4 heteroatoms. The molecule has 1 aliphatic rings. The zero-order valence-corrected chi connectivity index (χ0v) is 12.1. The van der Waals surface area contributed by atoms with Crippen LogP contribution in [0.15, 0.2) is 28.7 Å². The zero-order chi connectivity index (χ0) is 12.8. The molecule has 1 aromatic rings. The van der Waals surface area contributed by atoms with E-state index in [9.17, 15) is 4.79 Å². The van der Waals surface area contributed by atoms with E-state index in [1.165, 1.54) is 25.9 Å². The number of likely N-dealkylation sites (tertiary alicyclic amines) is 1. The van der Waals surface area contributed by atoms with E-state index in [0.29, 0.717) is 0 Å². The van der Waals surface area contributed by atoms with Crippen LogP contribution in [0.5, 0.6) is 0 Å². The highest BCUT2D eigenvalue weighted by Gasteiger charge is 2.10. The molecule has 98 valence electrons. The second-order valence-corrected chi connectivity index (χ2v) is 5.58. The third-order valence-electron chi connectivity index (χ3n) is 3.24. The van der Waals surface area contributed by atoms with Gasteiger partial charge in [-0.3, -0.25) is 4.79 Å². The molecule has 0 atom stereocenters. The van der Waals surface area contributed by atoms with Gasteiger partial charge < -0.3 is 10.2 Å². The van der Waals surface area contributed by atoms with E-state index in [1.807, 2.05) is 24.3 Å². The molecule has 0 aliphatic carbocycles. The van der Waals surface area contributed by atoms with Gasteiger partial charge in [-0.2, -0.15) is 0 Å². The molecule has 1 aliphatic heterocycles. The van der Waals surface area contributed by atoms with Gasteiger partial charge in [-0.1, -0.05) is 15.9 Å². The Morgan fingerprint density at radius 1 is 1.22 bits per heavy atom. The summed E-state index contributed by atoms with van der Waals surface area (Å²) in [5.74, 6) is 0.0175. The number of carbonyl (C=O) groups excluding carboxylic acids is 1. The molecule has 1 saturated heterocycles. The van der Waals surface area contributed by atoms with Gasteiger partial charge in [0, 0.05) is 16.6 Å². The van der Waals surface area contributed by atoms with E-state index < -0.39 is 0 Å². The summed E-state index contributed by atoms with van der Waals surface area (Å²) in [6.45, 7) is 4.30. The maximum absolute atomic E-state index is 11.8. The maximum atomic E-state index is 11.8. The lowest BCUT2D eigenvalue weighted by Crippen LogP contribution is -2.28. The lowest BCUT2D eigenvalue weighted by molar-refractivity contribution is 0.0952. The number of carbonyl (C=O) groups is 1. The Bertz CT molecular complexity index is 385. The fourth-order valence-electron chi connectivity index (χ4n) is 2.21. The minimum absolute atomic E-state index is 0.0175. The van der Waals surface area contributed by atoms with Crippen LogP contribution in [0.1, 0.15) is 29.6 Å². The molecule has 1 heterocycles. The van der Waals surface area contributed by atoms with Crippen LogP contribution in [-0.4, -0.2) is 37.0 Å². The third-order valence-corrected chi connectivity index (χ3v) is 3.77. The summed E-state index contributed by atoms with van der Waals surface area (Å²) in [5, 5.41) is 2.96. The summed E-state index contributed by atoms with van der Waals surface area (Å²) in [6, 6.07) is 7.44. The molecule has 1 N–H and O–H groups in total. The molecule has 1 amide bonds. The van der Waals surface area contributed by atoms with E-state index in [0.717, 1.165) is 29.5 Å². The highest BCUT2D eigenvalue weighted by atomic mass is 79.9. The maximum Gasteiger partial charge on any atom is 0.251 e. The summed E-state index contributed by atoms with van der Waals surface area (Å²) in [7, 11) is 0. The second-order valence-electron chi connectivity index (χ2n) is 4.67. The molecule has 0 radical (unpaired) electrons. The highest BCUT2D eigenvalue weighted by molar-refractivity contribution is 9.10. The fourth-order valence-corrected chi connectivity index (χ4v) is 2.48. The number of rotatable bonds is 5. The van der Waals surface area contributed by atoms with Crippen molar-refractivity contribution in [2.45, 2.75) is 19.3 Å². The molecule has 0 spiro atoms. The number of benzene rings is 1. The topological polar surface area (TPSA) is 32.3 Å². The van der Waals surface area contributed by atoms with Crippen LogP contribution in [0.25, 0.3) is 0 Å². The summed E-state index contributed by atoms with van der Waals surface area (Å²) >= 11 is 3.36. The Labute approximate surface area is 117 Å². The summed E-state index contributed by atoms with van der Waals surface area (Å²) in [5.41, 5.74) is 0.722. The molecular formula is C14H19BrN2O. The SMILES string of the molecule is O=C(NCCCN1CCCC1)c1ccc(Br)cc1. The number of amides is 1. The van der Waals surface area contributed by atoms with Crippen LogP contribution in [-0.2, 0) is 0 Å². The van der Waals surface area contributed by atoms with Gasteiger partial charge in [0.05, 0.1) is 0 Å². The van der Waals surface area contributed by atoms with Crippen molar-refractivity contribution < 1.29 is 4.79 Å². The first-order chi connectivity index (χ1) is 8.75. The first-order valence-corrected chi connectivity index (χ1v) is 7.31. The Hall–Kier alpha value is -0.870. The molecule has 1 fully saturated rings. The minimum Gasteiger partial charge on any atom is -0.352 e. The van der Waals surface area contributed by atoms with Crippen molar-refractivity contribution in [3.8, 4) is 0 Å². The van der Waals surface area contributed by atoms with Crippen molar-refractivity contribution in [2.75, 3.05) is 26.2 Å². The van der Waals surface area contributed by atoms with Gasteiger partial charge in [-0.25, -0.2) is 0 Å². The number of halogens is 1. The molecule has 0 bridgehead atoms. The van der Waals surface area contributed by atoms with E-state index in [4.69, 9.17) is 0 Å². The highest BCUT2D eigenvalue weighted by Crippen LogP contribution is 2.10. The first kappa shape index (κ1) is 13.6. The molecule has 2 rings (SSSR count). The van der Waals surface area contributed by atoms with Crippen molar-refractivity contribution >= 4 is 21.8 Å². The first-order valence-electron chi connectivity index (χ1n) is 6.52. The van der Waals surface area contributed by atoms with Gasteiger partial charge in [-0.15, -0.1) is 0 Å². The van der Waals surface area contributed by atoms with Crippen molar-refractivity contribution in [2.24, 2.45) is 0 Å². The van der Waals surface area contributed by atoms with Crippen molar-refractivity contribution in [3.05, 3.63) is 34.3 Å². The number of nitrogens with one attached hydrogen (secondary N) is 1.